The smallest absolute Gasteiger partial charge is 0.157 e. The van der Waals surface area contributed by atoms with E-state index in [1.54, 1.807) is 12.5 Å². The van der Waals surface area contributed by atoms with Gasteiger partial charge in [-0.3, -0.25) is 4.68 Å². The molecule has 0 aromatic carbocycles. The summed E-state index contributed by atoms with van der Waals surface area (Å²) in [4.78, 5) is 0. The van der Waals surface area contributed by atoms with Gasteiger partial charge in [0.05, 0.1) is 25.2 Å². The van der Waals surface area contributed by atoms with Gasteiger partial charge in [-0.15, -0.1) is 0 Å². The fourth-order valence-corrected chi connectivity index (χ4v) is 1.65. The third-order valence-corrected chi connectivity index (χ3v) is 2.68. The zero-order valence-corrected chi connectivity index (χ0v) is 11.0. The molecule has 2 aromatic rings. The van der Waals surface area contributed by atoms with E-state index in [9.17, 15) is 0 Å². The van der Waals surface area contributed by atoms with Gasteiger partial charge in [0.1, 0.15) is 12.4 Å². The largest absolute Gasteiger partial charge is 0.485 e. The van der Waals surface area contributed by atoms with Crippen LogP contribution in [0, 0.1) is 0 Å². The molecule has 0 spiro atoms. The third kappa shape index (κ3) is 2.92. The Hall–Kier alpha value is -1.75. The maximum absolute atomic E-state index is 5.70. The second-order valence-corrected chi connectivity index (χ2v) is 4.44. The van der Waals surface area contributed by atoms with E-state index in [2.05, 4.69) is 24.3 Å². The lowest BCUT2D eigenvalue weighted by molar-refractivity contribution is 0.301. The predicted octanol–water partition coefficient (Wildman–Crippen LogP) is 2.36. The fourth-order valence-electron chi connectivity index (χ4n) is 1.65. The zero-order chi connectivity index (χ0) is 13.0. The van der Waals surface area contributed by atoms with Gasteiger partial charge in [-0.1, -0.05) is 0 Å². The molecule has 1 N–H and O–H groups in total. The monoisotopic (exact) mass is 249 g/mol. The molecular formula is C13H19N3O2. The van der Waals surface area contributed by atoms with Crippen LogP contribution < -0.4 is 10.1 Å². The molecule has 0 unspecified atom stereocenters. The molecule has 2 rings (SSSR count). The first kappa shape index (κ1) is 12.7. The SMILES string of the molecule is CNCc1occc1COc1cnn(C(C)C)c1. The van der Waals surface area contributed by atoms with E-state index in [1.165, 1.54) is 0 Å². The molecule has 0 aliphatic heterocycles. The third-order valence-electron chi connectivity index (χ3n) is 2.68. The number of nitrogens with one attached hydrogen (secondary N) is 1. The minimum Gasteiger partial charge on any atom is -0.485 e. The van der Waals surface area contributed by atoms with Gasteiger partial charge in [0.25, 0.3) is 0 Å². The Bertz CT molecular complexity index is 488. The number of rotatable bonds is 6. The summed E-state index contributed by atoms with van der Waals surface area (Å²) in [6.07, 6.45) is 5.32. The molecule has 98 valence electrons. The minimum atomic E-state index is 0.344. The van der Waals surface area contributed by atoms with Crippen LogP contribution in [-0.4, -0.2) is 16.8 Å². The van der Waals surface area contributed by atoms with E-state index in [4.69, 9.17) is 9.15 Å². The van der Waals surface area contributed by atoms with Crippen molar-refractivity contribution in [3.05, 3.63) is 36.0 Å². The van der Waals surface area contributed by atoms with E-state index in [1.807, 2.05) is 24.0 Å². The summed E-state index contributed by atoms with van der Waals surface area (Å²) in [5.41, 5.74) is 1.06. The van der Waals surface area contributed by atoms with Gasteiger partial charge in [0.15, 0.2) is 5.75 Å². The summed E-state index contributed by atoms with van der Waals surface area (Å²) in [6.45, 7) is 5.37. The van der Waals surface area contributed by atoms with Crippen LogP contribution in [-0.2, 0) is 13.2 Å². The van der Waals surface area contributed by atoms with Crippen molar-refractivity contribution in [1.82, 2.24) is 15.1 Å². The van der Waals surface area contributed by atoms with Crippen LogP contribution in [0.4, 0.5) is 0 Å². The molecule has 0 amide bonds. The Labute approximate surface area is 107 Å². The van der Waals surface area contributed by atoms with Crippen molar-refractivity contribution in [2.75, 3.05) is 7.05 Å². The molecule has 0 bridgehead atoms. The first-order valence-electron chi connectivity index (χ1n) is 6.07. The molecule has 0 aliphatic rings. The Morgan fingerprint density at radius 1 is 1.50 bits per heavy atom. The zero-order valence-electron chi connectivity index (χ0n) is 11.0. The van der Waals surface area contributed by atoms with E-state index < -0.39 is 0 Å². The molecule has 2 heterocycles. The van der Waals surface area contributed by atoms with Crippen molar-refractivity contribution in [2.45, 2.75) is 33.0 Å². The summed E-state index contributed by atoms with van der Waals surface area (Å²) in [7, 11) is 1.89. The molecule has 0 fully saturated rings. The van der Waals surface area contributed by atoms with Crippen molar-refractivity contribution in [3.63, 3.8) is 0 Å². The molecular weight excluding hydrogens is 230 g/mol. The maximum atomic E-state index is 5.70. The first-order valence-corrected chi connectivity index (χ1v) is 6.07. The molecule has 0 aliphatic carbocycles. The average molecular weight is 249 g/mol. The van der Waals surface area contributed by atoms with Crippen molar-refractivity contribution in [3.8, 4) is 5.75 Å². The van der Waals surface area contributed by atoms with E-state index in [-0.39, 0.29) is 0 Å². The standard InChI is InChI=1S/C13H19N3O2/c1-10(2)16-8-12(6-15-16)18-9-11-4-5-17-13(11)7-14-3/h4-6,8,10,14H,7,9H2,1-3H3. The average Bonchev–Trinajstić information content (AvgIpc) is 2.95. The predicted molar refractivity (Wildman–Crippen MR) is 68.4 cm³/mol. The summed E-state index contributed by atoms with van der Waals surface area (Å²) in [5.74, 6) is 1.69. The Morgan fingerprint density at radius 2 is 2.33 bits per heavy atom. The number of furan rings is 1. The van der Waals surface area contributed by atoms with E-state index in [0.717, 1.165) is 17.1 Å². The van der Waals surface area contributed by atoms with Crippen LogP contribution in [0.25, 0.3) is 0 Å². The van der Waals surface area contributed by atoms with E-state index >= 15 is 0 Å². The lowest BCUT2D eigenvalue weighted by Crippen LogP contribution is -2.07. The molecule has 18 heavy (non-hydrogen) atoms. The number of hydrogen-bond acceptors (Lipinski definition) is 4. The van der Waals surface area contributed by atoms with Crippen molar-refractivity contribution >= 4 is 0 Å². The number of nitrogens with zero attached hydrogens (tertiary/aromatic N) is 2. The highest BCUT2D eigenvalue weighted by Gasteiger charge is 2.07. The molecule has 2 aromatic heterocycles. The van der Waals surface area contributed by atoms with Crippen molar-refractivity contribution < 1.29 is 9.15 Å². The number of aromatic nitrogens is 2. The van der Waals surface area contributed by atoms with Gasteiger partial charge in [-0.05, 0) is 27.0 Å². The van der Waals surface area contributed by atoms with Gasteiger partial charge in [0, 0.05) is 11.6 Å². The van der Waals surface area contributed by atoms with E-state index in [0.29, 0.717) is 19.2 Å². The molecule has 0 saturated heterocycles. The van der Waals surface area contributed by atoms with Crippen molar-refractivity contribution in [1.29, 1.82) is 0 Å². The lowest BCUT2D eigenvalue weighted by atomic mass is 10.2. The minimum absolute atomic E-state index is 0.344. The van der Waals surface area contributed by atoms with Crippen molar-refractivity contribution in [2.24, 2.45) is 0 Å². The lowest BCUT2D eigenvalue weighted by Gasteiger charge is -2.05. The van der Waals surface area contributed by atoms with Gasteiger partial charge in [0.2, 0.25) is 0 Å². The van der Waals surface area contributed by atoms with Gasteiger partial charge >= 0.3 is 0 Å². The Morgan fingerprint density at radius 3 is 3.00 bits per heavy atom. The second-order valence-electron chi connectivity index (χ2n) is 4.44. The number of ether oxygens (including phenoxy) is 1. The van der Waals surface area contributed by atoms with Gasteiger partial charge < -0.3 is 14.5 Å². The van der Waals surface area contributed by atoms with Crippen LogP contribution in [0.2, 0.25) is 0 Å². The fraction of sp³-hybridized carbons (Fsp3) is 0.462. The highest BCUT2D eigenvalue weighted by molar-refractivity contribution is 5.18. The van der Waals surface area contributed by atoms with Crippen LogP contribution >= 0.6 is 0 Å². The van der Waals surface area contributed by atoms with Crippen LogP contribution in [0.1, 0.15) is 31.2 Å². The summed E-state index contributed by atoms with van der Waals surface area (Å²) in [5, 5.41) is 7.29. The summed E-state index contributed by atoms with van der Waals surface area (Å²) < 4.78 is 12.9. The van der Waals surface area contributed by atoms with Crippen LogP contribution in [0.15, 0.2) is 29.1 Å². The van der Waals surface area contributed by atoms with Gasteiger partial charge in [-0.2, -0.15) is 5.10 Å². The van der Waals surface area contributed by atoms with Crippen LogP contribution in [0.3, 0.4) is 0 Å². The Balaban J connectivity index is 1.95. The molecule has 0 atom stereocenters. The highest BCUT2D eigenvalue weighted by Crippen LogP contribution is 2.16. The second kappa shape index (κ2) is 5.73. The summed E-state index contributed by atoms with van der Waals surface area (Å²) in [6, 6.07) is 2.27. The molecule has 5 nitrogen and oxygen atoms in total. The summed E-state index contributed by atoms with van der Waals surface area (Å²) >= 11 is 0. The number of hydrogen-bond donors (Lipinski definition) is 1. The molecule has 0 saturated carbocycles. The highest BCUT2D eigenvalue weighted by atomic mass is 16.5. The van der Waals surface area contributed by atoms with Gasteiger partial charge in [-0.25, -0.2) is 0 Å². The quantitative estimate of drug-likeness (QED) is 0.853. The topological polar surface area (TPSA) is 52.2 Å². The first-order chi connectivity index (χ1) is 8.70. The molecule has 5 heteroatoms. The van der Waals surface area contributed by atoms with Crippen LogP contribution in [0.5, 0.6) is 5.75 Å². The molecule has 0 radical (unpaired) electrons. The normalized spacial score (nSPS) is 11.1. The Kier molecular flexibility index (Phi) is 4.04. The maximum Gasteiger partial charge on any atom is 0.157 e.